The van der Waals surface area contributed by atoms with Gasteiger partial charge < -0.3 is 10.1 Å². The van der Waals surface area contributed by atoms with E-state index in [1.54, 1.807) is 0 Å². The van der Waals surface area contributed by atoms with E-state index in [0.29, 0.717) is 0 Å². The fourth-order valence-corrected chi connectivity index (χ4v) is 1.90. The van der Waals surface area contributed by atoms with E-state index in [0.717, 1.165) is 45.2 Å². The van der Waals surface area contributed by atoms with Crippen molar-refractivity contribution in [3.8, 4) is 0 Å². The van der Waals surface area contributed by atoms with E-state index < -0.39 is 0 Å². The van der Waals surface area contributed by atoms with Crippen LogP contribution in [-0.2, 0) is 9.53 Å². The third-order valence-electron chi connectivity index (χ3n) is 2.91. The summed E-state index contributed by atoms with van der Waals surface area (Å²) in [6, 6.07) is 0. The van der Waals surface area contributed by atoms with Crippen LogP contribution in [0.4, 0.5) is 0 Å². The summed E-state index contributed by atoms with van der Waals surface area (Å²) in [4.78, 5) is 11.7. The normalized spacial score (nSPS) is 23.5. The van der Waals surface area contributed by atoms with Crippen molar-refractivity contribution < 1.29 is 9.53 Å². The van der Waals surface area contributed by atoms with Gasteiger partial charge in [0.15, 0.2) is 0 Å². The molecule has 0 aromatic carbocycles. The second-order valence-corrected chi connectivity index (χ2v) is 4.43. The smallest absolute Gasteiger partial charge is 0.310 e. The lowest BCUT2D eigenvalue weighted by Crippen LogP contribution is -2.36. The fourth-order valence-electron chi connectivity index (χ4n) is 1.90. The Bertz CT molecular complexity index is 188. The molecule has 1 fully saturated rings. The summed E-state index contributed by atoms with van der Waals surface area (Å²) in [6.45, 7) is 5.97. The van der Waals surface area contributed by atoms with Gasteiger partial charge in [-0.25, -0.2) is 0 Å². The van der Waals surface area contributed by atoms with E-state index in [2.05, 4.69) is 12.2 Å². The molecule has 1 aliphatic rings. The van der Waals surface area contributed by atoms with Gasteiger partial charge in [-0.3, -0.25) is 4.79 Å². The SMILES string of the molecule is CCCCC(C)OC(=O)C1CCCNC1. The first-order valence-corrected chi connectivity index (χ1v) is 6.15. The molecule has 3 nitrogen and oxygen atoms in total. The van der Waals surface area contributed by atoms with Crippen molar-refractivity contribution >= 4 is 5.97 Å². The average molecular weight is 213 g/mol. The molecule has 15 heavy (non-hydrogen) atoms. The Morgan fingerprint density at radius 2 is 2.40 bits per heavy atom. The lowest BCUT2D eigenvalue weighted by atomic mass is 10.00. The second-order valence-electron chi connectivity index (χ2n) is 4.43. The lowest BCUT2D eigenvalue weighted by Gasteiger charge is -2.23. The molecule has 1 heterocycles. The fraction of sp³-hybridized carbons (Fsp3) is 0.917. The number of carbonyl (C=O) groups is 1. The van der Waals surface area contributed by atoms with Gasteiger partial charge in [0.25, 0.3) is 0 Å². The van der Waals surface area contributed by atoms with Crippen LogP contribution in [0.3, 0.4) is 0 Å². The number of unbranched alkanes of at least 4 members (excludes halogenated alkanes) is 1. The third-order valence-corrected chi connectivity index (χ3v) is 2.91. The van der Waals surface area contributed by atoms with E-state index in [1.807, 2.05) is 6.92 Å². The molecule has 0 saturated carbocycles. The molecule has 2 atom stereocenters. The zero-order valence-electron chi connectivity index (χ0n) is 9.92. The molecule has 0 aliphatic carbocycles. The van der Waals surface area contributed by atoms with Gasteiger partial charge in [-0.15, -0.1) is 0 Å². The maximum atomic E-state index is 11.7. The maximum absolute atomic E-state index is 11.7. The van der Waals surface area contributed by atoms with E-state index in [-0.39, 0.29) is 18.0 Å². The Labute approximate surface area is 92.6 Å². The van der Waals surface area contributed by atoms with Gasteiger partial charge >= 0.3 is 5.97 Å². The molecular weight excluding hydrogens is 190 g/mol. The predicted octanol–water partition coefficient (Wildman–Crippen LogP) is 2.11. The number of piperidine rings is 1. The van der Waals surface area contributed by atoms with Crippen LogP contribution < -0.4 is 5.32 Å². The highest BCUT2D eigenvalue weighted by Crippen LogP contribution is 2.14. The summed E-state index contributed by atoms with van der Waals surface area (Å²) in [5.41, 5.74) is 0. The highest BCUT2D eigenvalue weighted by molar-refractivity contribution is 5.73. The number of hydrogen-bond donors (Lipinski definition) is 1. The standard InChI is InChI=1S/C12H23NO2/c1-3-4-6-10(2)15-12(14)11-7-5-8-13-9-11/h10-11,13H,3-9H2,1-2H3. The minimum absolute atomic E-state index is 0.00852. The molecule has 0 aromatic heterocycles. The van der Waals surface area contributed by atoms with Gasteiger partial charge in [-0.05, 0) is 32.7 Å². The van der Waals surface area contributed by atoms with E-state index in [9.17, 15) is 4.79 Å². The molecule has 3 heteroatoms. The molecule has 0 amide bonds. The Kier molecular flexibility index (Phi) is 5.69. The summed E-state index contributed by atoms with van der Waals surface area (Å²) in [7, 11) is 0. The molecule has 0 radical (unpaired) electrons. The molecule has 0 bridgehead atoms. The minimum Gasteiger partial charge on any atom is -0.462 e. The summed E-state index contributed by atoms with van der Waals surface area (Å²) < 4.78 is 5.41. The molecule has 88 valence electrons. The van der Waals surface area contributed by atoms with Gasteiger partial charge in [-0.1, -0.05) is 19.8 Å². The topological polar surface area (TPSA) is 38.3 Å². The first-order valence-electron chi connectivity index (χ1n) is 6.15. The number of esters is 1. The molecule has 1 saturated heterocycles. The van der Waals surface area contributed by atoms with Crippen LogP contribution in [0.15, 0.2) is 0 Å². The summed E-state index contributed by atoms with van der Waals surface area (Å²) in [5.74, 6) is 0.0774. The molecule has 0 spiro atoms. The quantitative estimate of drug-likeness (QED) is 0.711. The zero-order chi connectivity index (χ0) is 11.1. The second kappa shape index (κ2) is 6.83. The maximum Gasteiger partial charge on any atom is 0.310 e. The number of hydrogen-bond acceptors (Lipinski definition) is 3. The zero-order valence-corrected chi connectivity index (χ0v) is 9.92. The average Bonchev–Trinajstić information content (AvgIpc) is 2.27. The van der Waals surface area contributed by atoms with Crippen molar-refractivity contribution in [2.24, 2.45) is 5.92 Å². The van der Waals surface area contributed by atoms with E-state index >= 15 is 0 Å². The molecule has 1 N–H and O–H groups in total. The van der Waals surface area contributed by atoms with E-state index in [4.69, 9.17) is 4.74 Å². The summed E-state index contributed by atoms with van der Waals surface area (Å²) >= 11 is 0. The molecule has 2 unspecified atom stereocenters. The van der Waals surface area contributed by atoms with Crippen LogP contribution in [0, 0.1) is 5.92 Å². The molecular formula is C12H23NO2. The molecule has 1 rings (SSSR count). The van der Waals surface area contributed by atoms with Crippen molar-refractivity contribution in [3.05, 3.63) is 0 Å². The number of rotatable bonds is 5. The van der Waals surface area contributed by atoms with Gasteiger partial charge in [0.2, 0.25) is 0 Å². The first kappa shape index (κ1) is 12.5. The molecule has 1 aliphatic heterocycles. The van der Waals surface area contributed by atoms with Crippen LogP contribution >= 0.6 is 0 Å². The Morgan fingerprint density at radius 1 is 1.60 bits per heavy atom. The van der Waals surface area contributed by atoms with E-state index in [1.165, 1.54) is 0 Å². The minimum atomic E-state index is -0.00852. The van der Waals surface area contributed by atoms with Crippen LogP contribution in [0.1, 0.15) is 46.0 Å². The Balaban J connectivity index is 2.21. The Hall–Kier alpha value is -0.570. The van der Waals surface area contributed by atoms with Gasteiger partial charge in [0, 0.05) is 6.54 Å². The highest BCUT2D eigenvalue weighted by Gasteiger charge is 2.23. The van der Waals surface area contributed by atoms with Gasteiger partial charge in [-0.2, -0.15) is 0 Å². The predicted molar refractivity (Wildman–Crippen MR) is 60.7 cm³/mol. The van der Waals surface area contributed by atoms with Crippen LogP contribution in [0.2, 0.25) is 0 Å². The summed E-state index contributed by atoms with van der Waals surface area (Å²) in [6.07, 6.45) is 5.43. The van der Waals surface area contributed by atoms with Crippen molar-refractivity contribution in [1.29, 1.82) is 0 Å². The van der Waals surface area contributed by atoms with Crippen LogP contribution in [0.25, 0.3) is 0 Å². The monoisotopic (exact) mass is 213 g/mol. The van der Waals surface area contributed by atoms with Crippen LogP contribution in [-0.4, -0.2) is 25.2 Å². The number of carbonyl (C=O) groups excluding carboxylic acids is 1. The molecule has 0 aromatic rings. The number of ether oxygens (including phenoxy) is 1. The third kappa shape index (κ3) is 4.65. The largest absolute Gasteiger partial charge is 0.462 e. The lowest BCUT2D eigenvalue weighted by molar-refractivity contribution is -0.154. The number of nitrogens with one attached hydrogen (secondary N) is 1. The van der Waals surface area contributed by atoms with Crippen LogP contribution in [0.5, 0.6) is 0 Å². The Morgan fingerprint density at radius 3 is 3.00 bits per heavy atom. The summed E-state index contributed by atoms with van der Waals surface area (Å²) in [5, 5.41) is 3.23. The van der Waals surface area contributed by atoms with Gasteiger partial charge in [0.05, 0.1) is 12.0 Å². The van der Waals surface area contributed by atoms with Gasteiger partial charge in [0.1, 0.15) is 0 Å². The highest BCUT2D eigenvalue weighted by atomic mass is 16.5. The van der Waals surface area contributed by atoms with Crippen molar-refractivity contribution in [2.45, 2.75) is 52.1 Å². The van der Waals surface area contributed by atoms with Crippen molar-refractivity contribution in [2.75, 3.05) is 13.1 Å². The van der Waals surface area contributed by atoms with Crippen molar-refractivity contribution in [1.82, 2.24) is 5.32 Å². The first-order chi connectivity index (χ1) is 7.24. The van der Waals surface area contributed by atoms with Crippen molar-refractivity contribution in [3.63, 3.8) is 0 Å².